The lowest BCUT2D eigenvalue weighted by Gasteiger charge is -2.35. The first-order valence-electron chi connectivity index (χ1n) is 5.47. The molecule has 5 heteroatoms. The third-order valence-electron chi connectivity index (χ3n) is 3.59. The van der Waals surface area contributed by atoms with Gasteiger partial charge in [0.1, 0.15) is 0 Å². The molecule has 0 N–H and O–H groups in total. The first kappa shape index (κ1) is 11.9. The highest BCUT2D eigenvalue weighted by Crippen LogP contribution is 2.48. The second-order valence-corrected chi connectivity index (χ2v) is 7.86. The topological polar surface area (TPSA) is 37.4 Å². The molecule has 2 rings (SSSR count). The van der Waals surface area contributed by atoms with Crippen LogP contribution in [0.2, 0.25) is 0 Å². The Kier molecular flexibility index (Phi) is 3.17. The summed E-state index contributed by atoms with van der Waals surface area (Å²) in [6, 6.07) is 0.195. The summed E-state index contributed by atoms with van der Waals surface area (Å²) in [6.45, 7) is 3.81. The van der Waals surface area contributed by atoms with Crippen molar-refractivity contribution in [3.63, 3.8) is 0 Å². The Morgan fingerprint density at radius 1 is 1.47 bits per heavy atom. The number of sulfone groups is 1. The zero-order valence-corrected chi connectivity index (χ0v) is 11.5. The summed E-state index contributed by atoms with van der Waals surface area (Å²) in [7, 11) is -2.76. The summed E-state index contributed by atoms with van der Waals surface area (Å²) in [5.41, 5.74) is 0.454. The number of halogens is 1. The van der Waals surface area contributed by atoms with E-state index in [0.717, 1.165) is 18.4 Å². The van der Waals surface area contributed by atoms with E-state index in [-0.39, 0.29) is 6.04 Å². The van der Waals surface area contributed by atoms with Crippen molar-refractivity contribution in [1.82, 2.24) is 4.90 Å². The molecule has 1 saturated carbocycles. The Balaban J connectivity index is 1.95. The van der Waals surface area contributed by atoms with Crippen molar-refractivity contribution in [3.8, 4) is 0 Å². The lowest BCUT2D eigenvalue weighted by Crippen LogP contribution is -2.49. The fraction of sp³-hybridized carbons (Fsp3) is 1.00. The van der Waals surface area contributed by atoms with Crippen molar-refractivity contribution in [2.24, 2.45) is 5.41 Å². The molecule has 3 nitrogen and oxygen atoms in total. The Bertz CT molecular complexity index is 337. The quantitative estimate of drug-likeness (QED) is 0.736. The van der Waals surface area contributed by atoms with Crippen LogP contribution in [-0.2, 0) is 9.84 Å². The molecule has 15 heavy (non-hydrogen) atoms. The Labute approximate surface area is 100 Å². The highest BCUT2D eigenvalue weighted by Gasteiger charge is 2.44. The minimum Gasteiger partial charge on any atom is -0.298 e. The lowest BCUT2D eigenvalue weighted by molar-refractivity contribution is 0.191. The van der Waals surface area contributed by atoms with Gasteiger partial charge in [0.05, 0.1) is 11.5 Å². The molecule has 1 aliphatic carbocycles. The fourth-order valence-electron chi connectivity index (χ4n) is 2.21. The first-order valence-corrected chi connectivity index (χ1v) is 8.41. The van der Waals surface area contributed by atoms with Gasteiger partial charge in [-0.1, -0.05) is 15.9 Å². The van der Waals surface area contributed by atoms with Crippen LogP contribution in [0, 0.1) is 5.41 Å². The smallest absolute Gasteiger partial charge is 0.153 e. The van der Waals surface area contributed by atoms with E-state index in [2.05, 4.69) is 20.8 Å². The minimum absolute atomic E-state index is 0.195. The molecular formula is C10H18BrNO2S. The predicted octanol–water partition coefficient (Wildman–Crippen LogP) is 1.28. The van der Waals surface area contributed by atoms with E-state index in [0.29, 0.717) is 16.9 Å². The molecule has 1 aliphatic heterocycles. The monoisotopic (exact) mass is 295 g/mol. The maximum absolute atomic E-state index is 11.4. The van der Waals surface area contributed by atoms with Gasteiger partial charge >= 0.3 is 0 Å². The highest BCUT2D eigenvalue weighted by atomic mass is 79.9. The Hall–Kier alpha value is 0.390. The molecule has 0 aromatic rings. The average molecular weight is 296 g/mol. The summed E-state index contributed by atoms with van der Waals surface area (Å²) in [5.74, 6) is 0.682. The number of hydrogen-bond donors (Lipinski definition) is 0. The molecule has 0 bridgehead atoms. The minimum atomic E-state index is -2.76. The van der Waals surface area contributed by atoms with Crippen LogP contribution in [0.3, 0.4) is 0 Å². The van der Waals surface area contributed by atoms with Gasteiger partial charge in [0, 0.05) is 24.5 Å². The SMILES string of the molecule is CC1CS(=O)(=O)CCN1CC1(CBr)CC1. The summed E-state index contributed by atoms with van der Waals surface area (Å²) < 4.78 is 22.8. The number of hydrogen-bond acceptors (Lipinski definition) is 3. The normalized spacial score (nSPS) is 33.9. The van der Waals surface area contributed by atoms with Crippen LogP contribution < -0.4 is 0 Å². The van der Waals surface area contributed by atoms with Crippen molar-refractivity contribution in [1.29, 1.82) is 0 Å². The van der Waals surface area contributed by atoms with Crippen molar-refractivity contribution in [2.45, 2.75) is 25.8 Å². The van der Waals surface area contributed by atoms with Gasteiger partial charge in [0.2, 0.25) is 0 Å². The van der Waals surface area contributed by atoms with Crippen LogP contribution in [-0.4, -0.2) is 49.3 Å². The molecular weight excluding hydrogens is 278 g/mol. The Morgan fingerprint density at radius 2 is 2.13 bits per heavy atom. The van der Waals surface area contributed by atoms with Crippen LogP contribution in [0.4, 0.5) is 0 Å². The van der Waals surface area contributed by atoms with E-state index >= 15 is 0 Å². The van der Waals surface area contributed by atoms with E-state index in [1.54, 1.807) is 0 Å². The molecule has 0 amide bonds. The van der Waals surface area contributed by atoms with E-state index in [9.17, 15) is 8.42 Å². The number of rotatable bonds is 3. The van der Waals surface area contributed by atoms with Gasteiger partial charge in [0.15, 0.2) is 9.84 Å². The maximum Gasteiger partial charge on any atom is 0.153 e. The molecule has 0 radical (unpaired) electrons. The van der Waals surface area contributed by atoms with E-state index in [4.69, 9.17) is 0 Å². The number of alkyl halides is 1. The largest absolute Gasteiger partial charge is 0.298 e. The van der Waals surface area contributed by atoms with Gasteiger partial charge in [-0.15, -0.1) is 0 Å². The second-order valence-electron chi connectivity index (χ2n) is 5.07. The summed E-state index contributed by atoms with van der Waals surface area (Å²) in [5, 5.41) is 1.05. The van der Waals surface area contributed by atoms with Gasteiger partial charge < -0.3 is 0 Å². The van der Waals surface area contributed by atoms with Crippen LogP contribution in [0.25, 0.3) is 0 Å². The molecule has 88 valence electrons. The molecule has 1 atom stereocenters. The van der Waals surface area contributed by atoms with Gasteiger partial charge in [0.25, 0.3) is 0 Å². The van der Waals surface area contributed by atoms with Crippen LogP contribution in [0.1, 0.15) is 19.8 Å². The van der Waals surface area contributed by atoms with Gasteiger partial charge in [-0.05, 0) is 25.2 Å². The average Bonchev–Trinajstić information content (AvgIpc) is 2.90. The molecule has 1 heterocycles. The zero-order chi connectivity index (χ0) is 11.1. The first-order chi connectivity index (χ1) is 6.96. The van der Waals surface area contributed by atoms with Crippen molar-refractivity contribution < 1.29 is 8.42 Å². The molecule has 2 fully saturated rings. The molecule has 0 aromatic heterocycles. The van der Waals surface area contributed by atoms with E-state index in [1.165, 1.54) is 12.8 Å². The maximum atomic E-state index is 11.4. The predicted molar refractivity (Wildman–Crippen MR) is 65.1 cm³/mol. The summed E-state index contributed by atoms with van der Waals surface area (Å²) in [4.78, 5) is 2.34. The van der Waals surface area contributed by atoms with Crippen LogP contribution in [0.15, 0.2) is 0 Å². The lowest BCUT2D eigenvalue weighted by atomic mass is 10.1. The van der Waals surface area contributed by atoms with Crippen LogP contribution in [0.5, 0.6) is 0 Å². The second kappa shape index (κ2) is 4.00. The Morgan fingerprint density at radius 3 is 2.60 bits per heavy atom. The van der Waals surface area contributed by atoms with Crippen molar-refractivity contribution in [2.75, 3.05) is 29.9 Å². The van der Waals surface area contributed by atoms with E-state index < -0.39 is 9.84 Å². The third-order valence-corrected chi connectivity index (χ3v) is 6.57. The van der Waals surface area contributed by atoms with Crippen molar-refractivity contribution in [3.05, 3.63) is 0 Å². The molecule has 0 aromatic carbocycles. The molecule has 2 aliphatic rings. The van der Waals surface area contributed by atoms with Gasteiger partial charge in [-0.25, -0.2) is 8.42 Å². The number of nitrogens with zero attached hydrogens (tertiary/aromatic N) is 1. The van der Waals surface area contributed by atoms with Crippen LogP contribution >= 0.6 is 15.9 Å². The molecule has 1 unspecified atom stereocenters. The summed E-state index contributed by atoms with van der Waals surface area (Å²) in [6.07, 6.45) is 2.57. The molecule has 1 saturated heterocycles. The van der Waals surface area contributed by atoms with Gasteiger partial charge in [-0.2, -0.15) is 0 Å². The third kappa shape index (κ3) is 2.74. The summed E-state index contributed by atoms with van der Waals surface area (Å²) >= 11 is 3.56. The zero-order valence-electron chi connectivity index (χ0n) is 9.08. The standard InChI is InChI=1S/C10H18BrNO2S/c1-9-6-15(13,14)5-4-12(9)8-10(7-11)2-3-10/h9H,2-8H2,1H3. The molecule has 0 spiro atoms. The highest BCUT2D eigenvalue weighted by molar-refractivity contribution is 9.09. The van der Waals surface area contributed by atoms with E-state index in [1.807, 2.05) is 6.92 Å². The van der Waals surface area contributed by atoms with Gasteiger partial charge in [-0.3, -0.25) is 4.90 Å². The van der Waals surface area contributed by atoms with Crippen molar-refractivity contribution >= 4 is 25.8 Å². The fourth-order valence-corrected chi connectivity index (χ4v) is 4.57.